The van der Waals surface area contributed by atoms with Gasteiger partial charge in [0.15, 0.2) is 0 Å². The summed E-state index contributed by atoms with van der Waals surface area (Å²) in [6, 6.07) is 4.95. The molecule has 0 saturated carbocycles. The van der Waals surface area contributed by atoms with Crippen LogP contribution < -0.4 is 11.1 Å². The van der Waals surface area contributed by atoms with E-state index < -0.39 is 5.91 Å². The maximum atomic E-state index is 11.8. The van der Waals surface area contributed by atoms with E-state index in [0.717, 1.165) is 0 Å². The van der Waals surface area contributed by atoms with Crippen LogP contribution in [0.2, 0.25) is 10.0 Å². The molecule has 4 N–H and O–H groups in total. The number of hydrogen-bond acceptors (Lipinski definition) is 3. The van der Waals surface area contributed by atoms with Gasteiger partial charge < -0.3 is 11.1 Å². The van der Waals surface area contributed by atoms with Gasteiger partial charge in [-0.15, -0.1) is 0 Å². The highest BCUT2D eigenvalue weighted by atomic mass is 35.5. The molecule has 1 aromatic heterocycles. The minimum absolute atomic E-state index is 0.182. The molecular formula is C10H8Cl2N4O. The number of anilines is 2. The van der Waals surface area contributed by atoms with Gasteiger partial charge in [0.25, 0.3) is 5.91 Å². The molecule has 0 unspecified atom stereocenters. The molecule has 0 aliphatic rings. The van der Waals surface area contributed by atoms with E-state index in [2.05, 4.69) is 15.5 Å². The van der Waals surface area contributed by atoms with Crippen LogP contribution in [-0.4, -0.2) is 16.1 Å². The van der Waals surface area contributed by atoms with E-state index in [4.69, 9.17) is 28.9 Å². The summed E-state index contributed by atoms with van der Waals surface area (Å²) in [5, 5.41) is 9.38. The fourth-order valence-electron chi connectivity index (χ4n) is 1.26. The average molecular weight is 271 g/mol. The molecule has 1 amide bonds. The molecule has 1 heterocycles. The largest absolute Gasteiger partial charge is 0.396 e. The highest BCUT2D eigenvalue weighted by molar-refractivity contribution is 6.44. The van der Waals surface area contributed by atoms with Crippen LogP contribution in [0.4, 0.5) is 11.4 Å². The second-order valence-corrected chi connectivity index (χ2v) is 4.04. The van der Waals surface area contributed by atoms with Crippen molar-refractivity contribution in [3.05, 3.63) is 40.1 Å². The topological polar surface area (TPSA) is 83.8 Å². The number of carbonyl (C=O) groups is 1. The van der Waals surface area contributed by atoms with Gasteiger partial charge in [0.2, 0.25) is 0 Å². The summed E-state index contributed by atoms with van der Waals surface area (Å²) in [4.78, 5) is 11.8. The molecule has 1 aromatic carbocycles. The Morgan fingerprint density at radius 1 is 1.41 bits per heavy atom. The molecule has 0 aliphatic carbocycles. The second kappa shape index (κ2) is 4.65. The van der Waals surface area contributed by atoms with Crippen molar-refractivity contribution in [2.24, 2.45) is 0 Å². The first-order chi connectivity index (χ1) is 8.09. The fourth-order valence-corrected chi connectivity index (χ4v) is 1.61. The molecule has 5 nitrogen and oxygen atoms in total. The monoisotopic (exact) mass is 270 g/mol. The Bertz CT molecular complexity index is 567. The van der Waals surface area contributed by atoms with Crippen molar-refractivity contribution in [3.8, 4) is 0 Å². The highest BCUT2D eigenvalue weighted by Gasteiger charge is 2.14. The molecule has 2 rings (SSSR count). The number of aromatic nitrogens is 2. The number of benzene rings is 1. The van der Waals surface area contributed by atoms with Gasteiger partial charge in [-0.25, -0.2) is 0 Å². The van der Waals surface area contributed by atoms with Gasteiger partial charge in [0.1, 0.15) is 5.69 Å². The average Bonchev–Trinajstić information content (AvgIpc) is 2.71. The second-order valence-electron chi connectivity index (χ2n) is 3.26. The highest BCUT2D eigenvalue weighted by Crippen LogP contribution is 2.29. The third-order valence-electron chi connectivity index (χ3n) is 2.10. The van der Waals surface area contributed by atoms with E-state index >= 15 is 0 Å². The first kappa shape index (κ1) is 11.8. The molecule has 17 heavy (non-hydrogen) atoms. The number of nitrogens with one attached hydrogen (secondary N) is 2. The summed E-state index contributed by atoms with van der Waals surface area (Å²) in [6.45, 7) is 0. The van der Waals surface area contributed by atoms with E-state index in [1.54, 1.807) is 18.2 Å². The minimum Gasteiger partial charge on any atom is -0.396 e. The molecule has 0 spiro atoms. The number of nitrogens with two attached hydrogens (primary N) is 1. The standard InChI is InChI=1S/C10H8Cl2N4O/c11-5-2-1-3-7(8(5)12)15-10(17)9-6(13)4-14-16-9/h1-4H,13H2,(H,14,16)(H,15,17). The van der Waals surface area contributed by atoms with Gasteiger partial charge >= 0.3 is 0 Å². The number of amides is 1. The van der Waals surface area contributed by atoms with Crippen LogP contribution in [0.3, 0.4) is 0 Å². The fraction of sp³-hybridized carbons (Fsp3) is 0. The van der Waals surface area contributed by atoms with E-state index in [-0.39, 0.29) is 16.4 Å². The van der Waals surface area contributed by atoms with E-state index in [1.165, 1.54) is 6.20 Å². The van der Waals surface area contributed by atoms with Gasteiger partial charge in [-0.05, 0) is 12.1 Å². The lowest BCUT2D eigenvalue weighted by Crippen LogP contribution is -2.14. The van der Waals surface area contributed by atoms with Crippen molar-refractivity contribution >= 4 is 40.5 Å². The number of carbonyl (C=O) groups excluding carboxylic acids is 1. The maximum Gasteiger partial charge on any atom is 0.275 e. The van der Waals surface area contributed by atoms with Gasteiger partial charge in [0, 0.05) is 0 Å². The summed E-state index contributed by atoms with van der Waals surface area (Å²) >= 11 is 11.8. The molecule has 2 aromatic rings. The number of aromatic amines is 1. The molecule has 0 saturated heterocycles. The maximum absolute atomic E-state index is 11.8. The van der Waals surface area contributed by atoms with Crippen molar-refractivity contribution < 1.29 is 4.79 Å². The minimum atomic E-state index is -0.427. The Morgan fingerprint density at radius 3 is 2.82 bits per heavy atom. The van der Waals surface area contributed by atoms with Crippen molar-refractivity contribution in [3.63, 3.8) is 0 Å². The van der Waals surface area contributed by atoms with Crippen LogP contribution >= 0.6 is 23.2 Å². The molecule has 0 atom stereocenters. The van der Waals surface area contributed by atoms with Gasteiger partial charge in [-0.1, -0.05) is 29.3 Å². The Hall–Kier alpha value is -1.72. The lowest BCUT2D eigenvalue weighted by Gasteiger charge is -2.07. The lowest BCUT2D eigenvalue weighted by atomic mass is 10.3. The first-order valence-electron chi connectivity index (χ1n) is 4.64. The van der Waals surface area contributed by atoms with E-state index in [9.17, 15) is 4.79 Å². The van der Waals surface area contributed by atoms with Crippen LogP contribution in [0.25, 0.3) is 0 Å². The molecule has 0 fully saturated rings. The number of rotatable bonds is 2. The molecule has 0 bridgehead atoms. The zero-order valence-electron chi connectivity index (χ0n) is 8.50. The van der Waals surface area contributed by atoms with Gasteiger partial charge in [0.05, 0.1) is 27.6 Å². The normalized spacial score (nSPS) is 10.2. The number of nitrogen functional groups attached to an aromatic ring is 1. The van der Waals surface area contributed by atoms with E-state index in [1.807, 2.05) is 0 Å². The van der Waals surface area contributed by atoms with Crippen LogP contribution in [0.15, 0.2) is 24.4 Å². The number of halogens is 2. The Balaban J connectivity index is 2.25. The zero-order chi connectivity index (χ0) is 12.4. The lowest BCUT2D eigenvalue weighted by molar-refractivity contribution is 0.102. The predicted octanol–water partition coefficient (Wildman–Crippen LogP) is 2.55. The van der Waals surface area contributed by atoms with Crippen LogP contribution in [0.1, 0.15) is 10.5 Å². The Morgan fingerprint density at radius 2 is 2.18 bits per heavy atom. The predicted molar refractivity (Wildman–Crippen MR) is 67.4 cm³/mol. The zero-order valence-corrected chi connectivity index (χ0v) is 10.0. The summed E-state index contributed by atoms with van der Waals surface area (Å²) in [6.07, 6.45) is 1.36. The number of hydrogen-bond donors (Lipinski definition) is 3. The van der Waals surface area contributed by atoms with Crippen LogP contribution in [0, 0.1) is 0 Å². The van der Waals surface area contributed by atoms with E-state index in [0.29, 0.717) is 10.7 Å². The molecule has 0 radical (unpaired) electrons. The van der Waals surface area contributed by atoms with Gasteiger partial charge in [-0.2, -0.15) is 5.10 Å². The summed E-state index contributed by atoms with van der Waals surface area (Å²) < 4.78 is 0. The molecule has 7 heteroatoms. The van der Waals surface area contributed by atoms with Crippen molar-refractivity contribution in [1.29, 1.82) is 0 Å². The smallest absolute Gasteiger partial charge is 0.275 e. The SMILES string of the molecule is Nc1cn[nH]c1C(=O)Nc1cccc(Cl)c1Cl. The molecular weight excluding hydrogens is 263 g/mol. The third kappa shape index (κ3) is 2.35. The quantitative estimate of drug-likeness (QED) is 0.784. The number of nitrogens with zero attached hydrogens (tertiary/aromatic N) is 1. The molecule has 88 valence electrons. The Kier molecular flexibility index (Phi) is 3.21. The third-order valence-corrected chi connectivity index (χ3v) is 2.91. The summed E-state index contributed by atoms with van der Waals surface area (Å²) in [5.41, 5.74) is 6.41. The first-order valence-corrected chi connectivity index (χ1v) is 5.39. The number of H-pyrrole nitrogens is 1. The van der Waals surface area contributed by atoms with Crippen molar-refractivity contribution in [1.82, 2.24) is 10.2 Å². The summed E-state index contributed by atoms with van der Waals surface area (Å²) in [5.74, 6) is -0.427. The Labute approximate surface area is 107 Å². The van der Waals surface area contributed by atoms with Crippen LogP contribution in [-0.2, 0) is 0 Å². The van der Waals surface area contributed by atoms with Crippen LogP contribution in [0.5, 0.6) is 0 Å². The molecule has 0 aliphatic heterocycles. The van der Waals surface area contributed by atoms with Crippen molar-refractivity contribution in [2.75, 3.05) is 11.1 Å². The summed E-state index contributed by atoms with van der Waals surface area (Å²) in [7, 11) is 0. The van der Waals surface area contributed by atoms with Crippen molar-refractivity contribution in [2.45, 2.75) is 0 Å². The van der Waals surface area contributed by atoms with Gasteiger partial charge in [-0.3, -0.25) is 9.89 Å².